The highest BCUT2D eigenvalue weighted by atomic mass is 35.5. The number of allylic oxidation sites excluding steroid dienone is 1. The predicted octanol–water partition coefficient (Wildman–Crippen LogP) is 3.92. The molecule has 2 aromatic carbocycles. The number of benzene rings is 2. The number of rotatable bonds is 5. The lowest BCUT2D eigenvalue weighted by molar-refractivity contribution is -0.118. The van der Waals surface area contributed by atoms with Gasteiger partial charge in [0.2, 0.25) is 11.8 Å². The molecule has 3 aromatic rings. The molecule has 1 aliphatic rings. The van der Waals surface area contributed by atoms with Crippen molar-refractivity contribution in [1.29, 1.82) is 5.26 Å². The van der Waals surface area contributed by atoms with Gasteiger partial charge in [0.15, 0.2) is 6.61 Å². The normalized spacial score (nSPS) is 14.9. The van der Waals surface area contributed by atoms with Crippen molar-refractivity contribution in [2.45, 2.75) is 19.8 Å². The summed E-state index contributed by atoms with van der Waals surface area (Å²) in [7, 11) is 0. The zero-order valence-electron chi connectivity index (χ0n) is 17.4. The van der Waals surface area contributed by atoms with Crippen LogP contribution >= 0.6 is 11.6 Å². The highest BCUT2D eigenvalue weighted by Crippen LogP contribution is 2.42. The SMILES string of the molecule is Cc1ccc(NC(=O)COc2ccc(C3C(C#N)=C(N)Oc4n[nH]c(C)c43)cc2)cc1Cl. The summed E-state index contributed by atoms with van der Waals surface area (Å²) in [6.45, 7) is 3.58. The van der Waals surface area contributed by atoms with Crippen molar-refractivity contribution in [3.05, 3.63) is 81.3 Å². The van der Waals surface area contributed by atoms with Gasteiger partial charge >= 0.3 is 0 Å². The van der Waals surface area contributed by atoms with Gasteiger partial charge in [-0.1, -0.05) is 29.8 Å². The van der Waals surface area contributed by atoms with Crippen LogP contribution in [0.1, 0.15) is 28.3 Å². The van der Waals surface area contributed by atoms with Crippen LogP contribution in [0.3, 0.4) is 0 Å². The van der Waals surface area contributed by atoms with E-state index in [9.17, 15) is 10.1 Å². The molecule has 32 heavy (non-hydrogen) atoms. The maximum atomic E-state index is 12.2. The number of halogens is 1. The van der Waals surface area contributed by atoms with E-state index in [1.807, 2.05) is 32.0 Å². The van der Waals surface area contributed by atoms with E-state index in [1.165, 1.54) is 0 Å². The fourth-order valence-corrected chi connectivity index (χ4v) is 3.69. The predicted molar refractivity (Wildman–Crippen MR) is 119 cm³/mol. The van der Waals surface area contributed by atoms with Gasteiger partial charge < -0.3 is 20.5 Å². The third-order valence-electron chi connectivity index (χ3n) is 5.17. The lowest BCUT2D eigenvalue weighted by Crippen LogP contribution is -2.21. The van der Waals surface area contributed by atoms with Gasteiger partial charge in [-0.05, 0) is 49.2 Å². The number of aromatic amines is 1. The summed E-state index contributed by atoms with van der Waals surface area (Å²) >= 11 is 6.09. The van der Waals surface area contributed by atoms with Crippen LogP contribution in [0.4, 0.5) is 5.69 Å². The Morgan fingerprint density at radius 2 is 2.06 bits per heavy atom. The lowest BCUT2D eigenvalue weighted by atomic mass is 9.84. The molecule has 4 N–H and O–H groups in total. The van der Waals surface area contributed by atoms with Crippen molar-refractivity contribution in [2.24, 2.45) is 5.73 Å². The first-order valence-electron chi connectivity index (χ1n) is 9.78. The minimum atomic E-state index is -0.411. The van der Waals surface area contributed by atoms with E-state index in [2.05, 4.69) is 21.6 Å². The molecule has 0 saturated carbocycles. The Bertz CT molecular complexity index is 1260. The average molecular weight is 450 g/mol. The first kappa shape index (κ1) is 21.3. The number of carbonyl (C=O) groups is 1. The Morgan fingerprint density at radius 3 is 2.75 bits per heavy atom. The van der Waals surface area contributed by atoms with Crippen molar-refractivity contribution < 1.29 is 14.3 Å². The second-order valence-electron chi connectivity index (χ2n) is 7.36. The Kier molecular flexibility index (Phi) is 5.75. The van der Waals surface area contributed by atoms with E-state index in [-0.39, 0.29) is 18.4 Å². The Morgan fingerprint density at radius 1 is 1.31 bits per heavy atom. The number of nitrogens with two attached hydrogens (primary N) is 1. The van der Waals surface area contributed by atoms with Crippen molar-refractivity contribution >= 4 is 23.2 Å². The number of nitrogens with one attached hydrogen (secondary N) is 2. The van der Waals surface area contributed by atoms with Crippen molar-refractivity contribution in [1.82, 2.24) is 10.2 Å². The number of H-pyrrole nitrogens is 1. The summed E-state index contributed by atoms with van der Waals surface area (Å²) in [6.07, 6.45) is 0. The molecule has 0 bridgehead atoms. The fraction of sp³-hybridized carbons (Fsp3) is 0.174. The average Bonchev–Trinajstić information content (AvgIpc) is 3.14. The first-order valence-corrected chi connectivity index (χ1v) is 10.2. The third-order valence-corrected chi connectivity index (χ3v) is 5.58. The summed E-state index contributed by atoms with van der Waals surface area (Å²) in [4.78, 5) is 12.2. The molecule has 4 rings (SSSR count). The first-order chi connectivity index (χ1) is 15.4. The molecule has 0 spiro atoms. The van der Waals surface area contributed by atoms with Crippen LogP contribution in [0.15, 0.2) is 53.9 Å². The molecule has 162 valence electrons. The van der Waals surface area contributed by atoms with E-state index >= 15 is 0 Å². The Labute approximate surface area is 189 Å². The van der Waals surface area contributed by atoms with Crippen LogP contribution in [-0.4, -0.2) is 22.7 Å². The smallest absolute Gasteiger partial charge is 0.262 e. The van der Waals surface area contributed by atoms with Gasteiger partial charge in [0.05, 0.1) is 5.92 Å². The molecule has 8 nitrogen and oxygen atoms in total. The van der Waals surface area contributed by atoms with Crippen LogP contribution in [0.2, 0.25) is 5.02 Å². The standard InChI is InChI=1S/C23H20ClN5O3/c1-12-3-6-15(9-18(12)24)27-19(30)11-31-16-7-4-14(5-8-16)21-17(10-25)22(26)32-23-20(21)13(2)28-29-23/h3-9,21H,11,26H2,1-2H3,(H,27,30)(H,28,29). The molecule has 0 radical (unpaired) electrons. The lowest BCUT2D eigenvalue weighted by Gasteiger charge is -2.23. The maximum Gasteiger partial charge on any atom is 0.262 e. The number of nitriles is 1. The van der Waals surface area contributed by atoms with Gasteiger partial charge in [0.25, 0.3) is 5.91 Å². The number of hydrogen-bond acceptors (Lipinski definition) is 6. The van der Waals surface area contributed by atoms with Crippen LogP contribution < -0.4 is 20.5 Å². The van der Waals surface area contributed by atoms with Crippen LogP contribution in [0.5, 0.6) is 11.6 Å². The van der Waals surface area contributed by atoms with Crippen molar-refractivity contribution in [2.75, 3.05) is 11.9 Å². The minimum absolute atomic E-state index is 0.0321. The Balaban J connectivity index is 1.46. The van der Waals surface area contributed by atoms with Crippen LogP contribution in [-0.2, 0) is 4.79 Å². The minimum Gasteiger partial charge on any atom is -0.484 e. The van der Waals surface area contributed by atoms with Crippen LogP contribution in [0, 0.1) is 25.2 Å². The number of hydrogen-bond donors (Lipinski definition) is 3. The quantitative estimate of drug-likeness (QED) is 0.542. The molecule has 1 amide bonds. The molecular formula is C23H20ClN5O3. The number of amides is 1. The Hall–Kier alpha value is -3.96. The molecule has 1 atom stereocenters. The number of fused-ring (bicyclic) bond motifs is 1. The maximum absolute atomic E-state index is 12.2. The summed E-state index contributed by atoms with van der Waals surface area (Å²) in [5, 5.41) is 19.9. The van der Waals surface area contributed by atoms with E-state index < -0.39 is 5.92 Å². The molecule has 1 aliphatic heterocycles. The largest absolute Gasteiger partial charge is 0.484 e. The van der Waals surface area contributed by atoms with Gasteiger partial charge in [0, 0.05) is 22.0 Å². The molecule has 1 aromatic heterocycles. The highest BCUT2D eigenvalue weighted by molar-refractivity contribution is 6.31. The van der Waals surface area contributed by atoms with Gasteiger partial charge in [-0.25, -0.2) is 0 Å². The summed E-state index contributed by atoms with van der Waals surface area (Å²) in [6, 6.07) is 14.6. The number of nitrogens with zero attached hydrogens (tertiary/aromatic N) is 2. The molecule has 0 saturated heterocycles. The molecule has 2 heterocycles. The number of ether oxygens (including phenoxy) is 2. The summed E-state index contributed by atoms with van der Waals surface area (Å²) in [5.41, 5.74) is 10.2. The van der Waals surface area contributed by atoms with Gasteiger partial charge in [-0.2, -0.15) is 5.26 Å². The van der Waals surface area contributed by atoms with Crippen molar-refractivity contribution in [3.8, 4) is 17.7 Å². The summed E-state index contributed by atoms with van der Waals surface area (Å²) in [5.74, 6) is 0.185. The number of carbonyl (C=O) groups excluding carboxylic acids is 1. The van der Waals surface area contributed by atoms with Gasteiger partial charge in [-0.3, -0.25) is 9.89 Å². The monoisotopic (exact) mass is 449 g/mol. The number of aromatic nitrogens is 2. The number of anilines is 1. The zero-order chi connectivity index (χ0) is 22.8. The number of aryl methyl sites for hydroxylation is 2. The second kappa shape index (κ2) is 8.65. The van der Waals surface area contributed by atoms with Gasteiger partial charge in [-0.15, -0.1) is 5.10 Å². The highest BCUT2D eigenvalue weighted by Gasteiger charge is 2.34. The van der Waals surface area contributed by atoms with Crippen LogP contribution in [0.25, 0.3) is 0 Å². The topological polar surface area (TPSA) is 126 Å². The molecule has 0 aliphatic carbocycles. The van der Waals surface area contributed by atoms with Gasteiger partial charge in [0.1, 0.15) is 17.4 Å². The van der Waals surface area contributed by atoms with E-state index in [1.54, 1.807) is 24.3 Å². The van der Waals surface area contributed by atoms with E-state index in [4.69, 9.17) is 26.8 Å². The molecule has 0 fully saturated rings. The fourth-order valence-electron chi connectivity index (χ4n) is 3.51. The third kappa shape index (κ3) is 4.11. The van der Waals surface area contributed by atoms with E-state index in [0.29, 0.717) is 27.9 Å². The summed E-state index contributed by atoms with van der Waals surface area (Å²) < 4.78 is 11.1. The molecule has 1 unspecified atom stereocenters. The van der Waals surface area contributed by atoms with Crippen molar-refractivity contribution in [3.63, 3.8) is 0 Å². The molecule has 9 heteroatoms. The van der Waals surface area contributed by atoms with E-state index in [0.717, 1.165) is 22.4 Å². The molecular weight excluding hydrogens is 430 g/mol. The second-order valence-corrected chi connectivity index (χ2v) is 7.77. The zero-order valence-corrected chi connectivity index (χ0v) is 18.2.